The Balaban J connectivity index is 1.90. The van der Waals surface area contributed by atoms with Crippen molar-refractivity contribution >= 4 is 0 Å². The van der Waals surface area contributed by atoms with E-state index in [2.05, 4.69) is 38.1 Å². The number of rotatable bonds is 6. The summed E-state index contributed by atoms with van der Waals surface area (Å²) in [5, 5.41) is 0. The molecular formula is C18H29NO. The van der Waals surface area contributed by atoms with Crippen molar-refractivity contribution in [1.29, 1.82) is 0 Å². The van der Waals surface area contributed by atoms with Crippen molar-refractivity contribution in [2.45, 2.75) is 58.4 Å². The molecule has 1 aromatic rings. The highest BCUT2D eigenvalue weighted by atomic mass is 16.5. The normalized spacial score (nSPS) is 24.4. The SMILES string of the molecule is CCCOc1ccc(C(N)C2CCC(CC)CC2)cc1. The van der Waals surface area contributed by atoms with Crippen LogP contribution in [0.1, 0.15) is 64.0 Å². The molecular weight excluding hydrogens is 246 g/mol. The van der Waals surface area contributed by atoms with Crippen LogP contribution in [0, 0.1) is 11.8 Å². The van der Waals surface area contributed by atoms with Crippen LogP contribution in [0.2, 0.25) is 0 Å². The van der Waals surface area contributed by atoms with E-state index in [4.69, 9.17) is 10.5 Å². The summed E-state index contributed by atoms with van der Waals surface area (Å²) in [6.45, 7) is 5.21. The second-order valence-electron chi connectivity index (χ2n) is 6.13. The molecule has 0 aromatic heterocycles. The summed E-state index contributed by atoms with van der Waals surface area (Å²) < 4.78 is 5.62. The molecule has 2 nitrogen and oxygen atoms in total. The van der Waals surface area contributed by atoms with Gasteiger partial charge in [0.2, 0.25) is 0 Å². The standard InChI is InChI=1S/C18H29NO/c1-3-13-20-17-11-9-16(10-12-17)18(19)15-7-5-14(4-2)6-8-15/h9-12,14-15,18H,3-8,13,19H2,1-2H3. The van der Waals surface area contributed by atoms with Crippen LogP contribution in [-0.4, -0.2) is 6.61 Å². The molecule has 1 atom stereocenters. The maximum Gasteiger partial charge on any atom is 0.119 e. The Morgan fingerprint density at radius 2 is 1.75 bits per heavy atom. The molecule has 2 rings (SSSR count). The molecule has 1 aliphatic carbocycles. The largest absolute Gasteiger partial charge is 0.494 e. The van der Waals surface area contributed by atoms with E-state index in [9.17, 15) is 0 Å². The second-order valence-corrected chi connectivity index (χ2v) is 6.13. The monoisotopic (exact) mass is 275 g/mol. The maximum atomic E-state index is 6.47. The molecule has 1 unspecified atom stereocenters. The van der Waals surface area contributed by atoms with Gasteiger partial charge in [0, 0.05) is 6.04 Å². The minimum Gasteiger partial charge on any atom is -0.494 e. The Morgan fingerprint density at radius 1 is 1.10 bits per heavy atom. The van der Waals surface area contributed by atoms with Gasteiger partial charge < -0.3 is 10.5 Å². The van der Waals surface area contributed by atoms with Crippen molar-refractivity contribution in [3.05, 3.63) is 29.8 Å². The highest BCUT2D eigenvalue weighted by Crippen LogP contribution is 2.37. The highest BCUT2D eigenvalue weighted by Gasteiger charge is 2.25. The summed E-state index contributed by atoms with van der Waals surface area (Å²) in [6.07, 6.45) is 7.65. The van der Waals surface area contributed by atoms with Gasteiger partial charge in [-0.1, -0.05) is 45.2 Å². The molecule has 0 radical (unpaired) electrons. The first-order valence-corrected chi connectivity index (χ1v) is 8.22. The van der Waals surface area contributed by atoms with Gasteiger partial charge in [0.05, 0.1) is 6.61 Å². The van der Waals surface area contributed by atoms with Crippen LogP contribution in [0.4, 0.5) is 0 Å². The third kappa shape index (κ3) is 3.99. The summed E-state index contributed by atoms with van der Waals surface area (Å²) in [7, 11) is 0. The smallest absolute Gasteiger partial charge is 0.119 e. The minimum atomic E-state index is 0.188. The van der Waals surface area contributed by atoms with Crippen molar-refractivity contribution in [3.63, 3.8) is 0 Å². The molecule has 0 bridgehead atoms. The van der Waals surface area contributed by atoms with E-state index in [1.165, 1.54) is 37.7 Å². The molecule has 0 spiro atoms. The van der Waals surface area contributed by atoms with E-state index in [0.717, 1.165) is 24.7 Å². The molecule has 0 aliphatic heterocycles. The average molecular weight is 275 g/mol. The van der Waals surface area contributed by atoms with Crippen LogP contribution in [0.25, 0.3) is 0 Å². The van der Waals surface area contributed by atoms with Gasteiger partial charge in [-0.2, -0.15) is 0 Å². The molecule has 1 saturated carbocycles. The zero-order chi connectivity index (χ0) is 14.4. The quantitative estimate of drug-likeness (QED) is 0.817. The fraction of sp³-hybridized carbons (Fsp3) is 0.667. The number of hydrogen-bond donors (Lipinski definition) is 1. The van der Waals surface area contributed by atoms with E-state index in [1.807, 2.05) is 0 Å². The second kappa shape index (κ2) is 7.68. The topological polar surface area (TPSA) is 35.2 Å². The lowest BCUT2D eigenvalue weighted by Crippen LogP contribution is -2.25. The summed E-state index contributed by atoms with van der Waals surface area (Å²) in [5.41, 5.74) is 7.72. The summed E-state index contributed by atoms with van der Waals surface area (Å²) in [5.74, 6) is 2.54. The molecule has 20 heavy (non-hydrogen) atoms. The van der Waals surface area contributed by atoms with Crippen LogP contribution >= 0.6 is 0 Å². The highest BCUT2D eigenvalue weighted by molar-refractivity contribution is 5.29. The molecule has 1 aliphatic rings. The van der Waals surface area contributed by atoms with Crippen LogP contribution in [0.3, 0.4) is 0 Å². The molecule has 1 aromatic carbocycles. The van der Waals surface area contributed by atoms with Crippen LogP contribution in [-0.2, 0) is 0 Å². The molecule has 1 fully saturated rings. The van der Waals surface area contributed by atoms with Crippen LogP contribution < -0.4 is 10.5 Å². The van der Waals surface area contributed by atoms with E-state index < -0.39 is 0 Å². The fourth-order valence-corrected chi connectivity index (χ4v) is 3.23. The fourth-order valence-electron chi connectivity index (χ4n) is 3.23. The van der Waals surface area contributed by atoms with E-state index >= 15 is 0 Å². The predicted molar refractivity (Wildman–Crippen MR) is 84.9 cm³/mol. The van der Waals surface area contributed by atoms with E-state index in [1.54, 1.807) is 0 Å². The molecule has 0 amide bonds. The Hall–Kier alpha value is -1.02. The van der Waals surface area contributed by atoms with Gasteiger partial charge in [-0.05, 0) is 48.8 Å². The van der Waals surface area contributed by atoms with Crippen molar-refractivity contribution in [2.24, 2.45) is 17.6 Å². The minimum absolute atomic E-state index is 0.188. The third-order valence-corrected chi connectivity index (χ3v) is 4.71. The van der Waals surface area contributed by atoms with Gasteiger partial charge in [-0.15, -0.1) is 0 Å². The summed E-state index contributed by atoms with van der Waals surface area (Å²) >= 11 is 0. The van der Waals surface area contributed by atoms with Crippen molar-refractivity contribution in [3.8, 4) is 5.75 Å². The Morgan fingerprint density at radius 3 is 2.30 bits per heavy atom. The number of nitrogens with two attached hydrogens (primary N) is 1. The average Bonchev–Trinajstić information content (AvgIpc) is 2.53. The third-order valence-electron chi connectivity index (χ3n) is 4.71. The molecule has 0 saturated heterocycles. The molecule has 2 heteroatoms. The number of ether oxygens (including phenoxy) is 1. The Labute approximate surface area is 123 Å². The van der Waals surface area contributed by atoms with Crippen molar-refractivity contribution < 1.29 is 4.74 Å². The number of benzene rings is 1. The van der Waals surface area contributed by atoms with E-state index in [0.29, 0.717) is 5.92 Å². The molecule has 112 valence electrons. The van der Waals surface area contributed by atoms with Gasteiger partial charge in [0.15, 0.2) is 0 Å². The zero-order valence-corrected chi connectivity index (χ0v) is 13.0. The van der Waals surface area contributed by atoms with E-state index in [-0.39, 0.29) is 6.04 Å². The predicted octanol–water partition coefficient (Wildman–Crippen LogP) is 4.69. The van der Waals surface area contributed by atoms with Gasteiger partial charge >= 0.3 is 0 Å². The van der Waals surface area contributed by atoms with Crippen LogP contribution in [0.5, 0.6) is 5.75 Å². The molecule has 0 heterocycles. The lowest BCUT2D eigenvalue weighted by molar-refractivity contribution is 0.240. The Bertz CT molecular complexity index is 379. The lowest BCUT2D eigenvalue weighted by atomic mass is 9.76. The summed E-state index contributed by atoms with van der Waals surface area (Å²) in [6, 6.07) is 8.59. The first-order chi connectivity index (χ1) is 9.74. The lowest BCUT2D eigenvalue weighted by Gasteiger charge is -2.32. The van der Waals surface area contributed by atoms with Gasteiger partial charge in [0.1, 0.15) is 5.75 Å². The zero-order valence-electron chi connectivity index (χ0n) is 13.0. The van der Waals surface area contributed by atoms with Gasteiger partial charge in [0.25, 0.3) is 0 Å². The van der Waals surface area contributed by atoms with Gasteiger partial charge in [-0.25, -0.2) is 0 Å². The summed E-state index contributed by atoms with van der Waals surface area (Å²) in [4.78, 5) is 0. The number of hydrogen-bond acceptors (Lipinski definition) is 2. The maximum absolute atomic E-state index is 6.47. The van der Waals surface area contributed by atoms with Crippen LogP contribution in [0.15, 0.2) is 24.3 Å². The first-order valence-electron chi connectivity index (χ1n) is 8.22. The molecule has 2 N–H and O–H groups in total. The first kappa shape index (κ1) is 15.4. The van der Waals surface area contributed by atoms with Gasteiger partial charge in [-0.3, -0.25) is 0 Å². The Kier molecular flexibility index (Phi) is 5.90. The van der Waals surface area contributed by atoms with Crippen molar-refractivity contribution in [1.82, 2.24) is 0 Å². The van der Waals surface area contributed by atoms with Crippen molar-refractivity contribution in [2.75, 3.05) is 6.61 Å².